The van der Waals surface area contributed by atoms with Gasteiger partial charge in [0.05, 0.1) is 10.7 Å². The summed E-state index contributed by atoms with van der Waals surface area (Å²) in [5, 5.41) is 16.3. The van der Waals surface area contributed by atoms with Crippen molar-refractivity contribution in [3.8, 4) is 17.6 Å². The summed E-state index contributed by atoms with van der Waals surface area (Å²) in [6.07, 6.45) is 4.06. The molecule has 0 saturated heterocycles. The van der Waals surface area contributed by atoms with Crippen molar-refractivity contribution in [2.24, 2.45) is 0 Å². The van der Waals surface area contributed by atoms with Crippen LogP contribution in [0.2, 0.25) is 0 Å². The summed E-state index contributed by atoms with van der Waals surface area (Å²) in [5.41, 5.74) is 3.37. The average molecular weight is 620 g/mol. The highest BCUT2D eigenvalue weighted by atomic mass is 127. The third kappa shape index (κ3) is 6.72. The number of nitriles is 1. The maximum Gasteiger partial charge on any atom is 0.262 e. The number of nitrogens with zero attached hydrogens (tertiary/aromatic N) is 1. The van der Waals surface area contributed by atoms with Crippen LogP contribution in [0, 0.1) is 14.9 Å². The summed E-state index contributed by atoms with van der Waals surface area (Å²) >= 11 is 2.06. The highest BCUT2D eigenvalue weighted by Gasteiger charge is 2.15. The Bertz CT molecular complexity index is 1520. The van der Waals surface area contributed by atoms with Crippen molar-refractivity contribution >= 4 is 57.1 Å². The molecular formula is C29H25IN4O4. The molecular weight excluding hydrogens is 595 g/mol. The van der Waals surface area contributed by atoms with Crippen molar-refractivity contribution in [2.45, 2.75) is 6.42 Å². The number of carbonyl (C=O) groups is 2. The van der Waals surface area contributed by atoms with E-state index in [-0.39, 0.29) is 18.1 Å². The fraction of sp³-hybridized carbons (Fsp3) is 0.138. The first-order chi connectivity index (χ1) is 18.5. The number of aromatic amines is 1. The van der Waals surface area contributed by atoms with Crippen molar-refractivity contribution in [1.82, 2.24) is 10.3 Å². The van der Waals surface area contributed by atoms with E-state index in [1.807, 2.05) is 54.7 Å². The lowest BCUT2D eigenvalue weighted by molar-refractivity contribution is -0.118. The molecule has 0 radical (unpaired) electrons. The van der Waals surface area contributed by atoms with Gasteiger partial charge in [-0.3, -0.25) is 9.59 Å². The van der Waals surface area contributed by atoms with Crippen molar-refractivity contribution in [1.29, 1.82) is 5.26 Å². The van der Waals surface area contributed by atoms with Crippen LogP contribution in [0.5, 0.6) is 11.5 Å². The highest BCUT2D eigenvalue weighted by Crippen LogP contribution is 2.34. The molecule has 192 valence electrons. The van der Waals surface area contributed by atoms with Gasteiger partial charge in [0.1, 0.15) is 11.6 Å². The molecule has 2 amide bonds. The minimum Gasteiger partial charge on any atom is -0.493 e. The fourth-order valence-electron chi connectivity index (χ4n) is 3.88. The van der Waals surface area contributed by atoms with Gasteiger partial charge in [0.15, 0.2) is 18.1 Å². The molecule has 0 aliphatic heterocycles. The number of nitrogens with one attached hydrogen (secondary N) is 3. The van der Waals surface area contributed by atoms with Gasteiger partial charge in [0, 0.05) is 29.3 Å². The summed E-state index contributed by atoms with van der Waals surface area (Å²) in [5.74, 6) is 0.0103. The van der Waals surface area contributed by atoms with E-state index in [4.69, 9.17) is 9.47 Å². The third-order valence-electron chi connectivity index (χ3n) is 5.69. The number of amides is 2. The number of ether oxygens (including phenoxy) is 2. The van der Waals surface area contributed by atoms with E-state index in [2.05, 4.69) is 38.2 Å². The number of halogens is 1. The van der Waals surface area contributed by atoms with E-state index in [1.54, 1.807) is 24.3 Å². The molecule has 0 fully saturated rings. The van der Waals surface area contributed by atoms with Crippen LogP contribution >= 0.6 is 22.6 Å². The Labute approximate surface area is 233 Å². The zero-order valence-corrected chi connectivity index (χ0v) is 22.7. The summed E-state index contributed by atoms with van der Waals surface area (Å²) < 4.78 is 11.9. The number of methoxy groups -OCH3 is 1. The lowest BCUT2D eigenvalue weighted by atomic mass is 10.1. The molecule has 1 heterocycles. The second-order valence-corrected chi connectivity index (χ2v) is 9.43. The molecule has 38 heavy (non-hydrogen) atoms. The van der Waals surface area contributed by atoms with Gasteiger partial charge in [-0.25, -0.2) is 0 Å². The molecule has 0 aliphatic rings. The average Bonchev–Trinajstić information content (AvgIpc) is 3.34. The van der Waals surface area contributed by atoms with Crippen LogP contribution in [0.25, 0.3) is 17.0 Å². The molecule has 3 aromatic carbocycles. The van der Waals surface area contributed by atoms with Crippen LogP contribution in [0.4, 0.5) is 5.69 Å². The maximum atomic E-state index is 12.7. The molecule has 0 unspecified atom stereocenters. The monoisotopic (exact) mass is 620 g/mol. The number of rotatable bonds is 10. The molecule has 4 rings (SSSR count). The van der Waals surface area contributed by atoms with Gasteiger partial charge in [-0.05, 0) is 76.5 Å². The lowest BCUT2D eigenvalue weighted by Gasteiger charge is -2.14. The Balaban J connectivity index is 1.39. The minimum absolute atomic E-state index is 0.0299. The number of hydrogen-bond acceptors (Lipinski definition) is 5. The molecule has 0 saturated carbocycles. The summed E-state index contributed by atoms with van der Waals surface area (Å²) in [7, 11) is 1.48. The van der Waals surface area contributed by atoms with Gasteiger partial charge >= 0.3 is 0 Å². The van der Waals surface area contributed by atoms with Gasteiger partial charge in [-0.15, -0.1) is 0 Å². The van der Waals surface area contributed by atoms with E-state index >= 15 is 0 Å². The van der Waals surface area contributed by atoms with Gasteiger partial charge in [0.25, 0.3) is 11.8 Å². The number of hydrogen-bond donors (Lipinski definition) is 3. The predicted octanol–water partition coefficient (Wildman–Crippen LogP) is 5.06. The number of carbonyl (C=O) groups excluding carboxylic acids is 2. The lowest BCUT2D eigenvalue weighted by Crippen LogP contribution is -2.26. The Morgan fingerprint density at radius 3 is 2.63 bits per heavy atom. The van der Waals surface area contributed by atoms with Gasteiger partial charge in [-0.1, -0.05) is 36.4 Å². The van der Waals surface area contributed by atoms with Crippen molar-refractivity contribution in [3.05, 3.63) is 93.2 Å². The highest BCUT2D eigenvalue weighted by molar-refractivity contribution is 14.1. The van der Waals surface area contributed by atoms with Crippen LogP contribution in [0.15, 0.2) is 78.5 Å². The van der Waals surface area contributed by atoms with E-state index in [0.717, 1.165) is 16.5 Å². The minimum atomic E-state index is -0.459. The Kier molecular flexibility index (Phi) is 9.00. The summed E-state index contributed by atoms with van der Waals surface area (Å²) in [4.78, 5) is 28.2. The Hall–Kier alpha value is -4.30. The number of para-hydroxylation sites is 2. The molecule has 0 spiro atoms. The zero-order valence-electron chi connectivity index (χ0n) is 20.6. The number of benzene rings is 3. The van der Waals surface area contributed by atoms with Crippen LogP contribution in [0.3, 0.4) is 0 Å². The molecule has 0 atom stereocenters. The van der Waals surface area contributed by atoms with Crippen LogP contribution in [-0.2, 0) is 16.0 Å². The third-order valence-corrected chi connectivity index (χ3v) is 6.49. The van der Waals surface area contributed by atoms with Crippen molar-refractivity contribution in [2.75, 3.05) is 25.6 Å². The standard InChI is InChI=1S/C29H25IN4O4/c1-37-26-15-19(14-24(30)28(26)38-18-27(35)34-22-7-3-2-4-8-22)13-21(16-31)29(36)32-12-11-20-17-33-25-10-6-5-9-23(20)25/h2-10,13-15,17,33H,11-12,18H2,1H3,(H,32,36)(H,34,35)/b21-13-. The van der Waals surface area contributed by atoms with E-state index < -0.39 is 5.91 Å². The normalized spacial score (nSPS) is 11.0. The molecule has 3 N–H and O–H groups in total. The molecule has 4 aromatic rings. The Morgan fingerprint density at radius 1 is 1.11 bits per heavy atom. The van der Waals surface area contributed by atoms with Crippen molar-refractivity contribution in [3.63, 3.8) is 0 Å². The Morgan fingerprint density at radius 2 is 1.87 bits per heavy atom. The van der Waals surface area contributed by atoms with E-state index in [1.165, 1.54) is 13.2 Å². The smallest absolute Gasteiger partial charge is 0.262 e. The van der Waals surface area contributed by atoms with Gasteiger partial charge in [0.2, 0.25) is 0 Å². The van der Waals surface area contributed by atoms with Gasteiger partial charge < -0.3 is 25.1 Å². The van der Waals surface area contributed by atoms with Crippen molar-refractivity contribution < 1.29 is 19.1 Å². The van der Waals surface area contributed by atoms with Gasteiger partial charge in [-0.2, -0.15) is 5.26 Å². The topological polar surface area (TPSA) is 116 Å². The van der Waals surface area contributed by atoms with Crippen LogP contribution in [0.1, 0.15) is 11.1 Å². The molecule has 0 aliphatic carbocycles. The molecule has 9 heteroatoms. The SMILES string of the molecule is COc1cc(/C=C(/C#N)C(=O)NCCc2c[nH]c3ccccc23)cc(I)c1OCC(=O)Nc1ccccc1. The summed E-state index contributed by atoms with van der Waals surface area (Å²) in [6, 6.07) is 22.4. The maximum absolute atomic E-state index is 12.7. The molecule has 1 aromatic heterocycles. The first kappa shape index (κ1) is 26.8. The second kappa shape index (κ2) is 12.8. The summed E-state index contributed by atoms with van der Waals surface area (Å²) in [6.45, 7) is 0.178. The first-order valence-corrected chi connectivity index (χ1v) is 12.9. The fourth-order valence-corrected chi connectivity index (χ4v) is 4.66. The predicted molar refractivity (Wildman–Crippen MR) is 155 cm³/mol. The second-order valence-electron chi connectivity index (χ2n) is 8.27. The number of fused-ring (bicyclic) bond motifs is 1. The number of H-pyrrole nitrogens is 1. The first-order valence-electron chi connectivity index (χ1n) is 11.8. The largest absolute Gasteiger partial charge is 0.493 e. The number of anilines is 1. The molecule has 8 nitrogen and oxygen atoms in total. The zero-order chi connectivity index (χ0) is 26.9. The number of aromatic nitrogens is 1. The van der Waals surface area contributed by atoms with E-state index in [0.29, 0.717) is 39.3 Å². The van der Waals surface area contributed by atoms with Crippen LogP contribution in [-0.4, -0.2) is 37.1 Å². The van der Waals surface area contributed by atoms with Crippen LogP contribution < -0.4 is 20.1 Å². The quantitative estimate of drug-likeness (QED) is 0.130. The molecule has 0 bridgehead atoms. The van der Waals surface area contributed by atoms with E-state index in [9.17, 15) is 14.9 Å².